The fourth-order valence-corrected chi connectivity index (χ4v) is 7.36. The summed E-state index contributed by atoms with van der Waals surface area (Å²) in [6, 6.07) is 47.5. The molecular formula is C48H39NO2. The van der Waals surface area contributed by atoms with E-state index in [2.05, 4.69) is 153 Å². The molecule has 0 spiro atoms. The Balaban J connectivity index is 1.35. The zero-order valence-electron chi connectivity index (χ0n) is 29.2. The molecule has 0 amide bonds. The first kappa shape index (κ1) is 33.2. The minimum atomic E-state index is -0.254. The fourth-order valence-electron chi connectivity index (χ4n) is 7.36. The topological polar surface area (TPSA) is 37.4 Å². The van der Waals surface area contributed by atoms with Gasteiger partial charge in [-0.3, -0.25) is 9.59 Å². The lowest BCUT2D eigenvalue weighted by molar-refractivity contribution is -0.112. The summed E-state index contributed by atoms with van der Waals surface area (Å²) in [5.41, 5.74) is 12.5. The van der Waals surface area contributed by atoms with Crippen LogP contribution in [-0.2, 0) is 15.0 Å². The van der Waals surface area contributed by atoms with Crippen molar-refractivity contribution in [2.75, 3.05) is 4.90 Å². The number of allylic oxidation sites excluding steroid dienone is 5. The van der Waals surface area contributed by atoms with E-state index in [9.17, 15) is 9.59 Å². The fraction of sp³-hybridized carbons (Fsp3) is 0.0833. The molecule has 3 heteroatoms. The lowest BCUT2D eigenvalue weighted by Gasteiger charge is -2.30. The number of aldehydes is 1. The molecule has 6 aromatic rings. The molecule has 0 atom stereocenters. The average molecular weight is 662 g/mol. The summed E-state index contributed by atoms with van der Waals surface area (Å²) in [4.78, 5) is 27.0. The van der Waals surface area contributed by atoms with E-state index in [1.807, 2.05) is 18.2 Å². The number of hydrogen-bond donors (Lipinski definition) is 0. The number of ketones is 1. The molecule has 51 heavy (non-hydrogen) atoms. The van der Waals surface area contributed by atoms with Gasteiger partial charge in [0.2, 0.25) is 0 Å². The van der Waals surface area contributed by atoms with Crippen LogP contribution >= 0.6 is 0 Å². The quantitative estimate of drug-likeness (QED) is 0.0833. The van der Waals surface area contributed by atoms with E-state index in [1.54, 1.807) is 6.92 Å². The first-order valence-electron chi connectivity index (χ1n) is 17.2. The second kappa shape index (κ2) is 13.5. The molecule has 0 aromatic heterocycles. The third-order valence-corrected chi connectivity index (χ3v) is 10.0. The van der Waals surface area contributed by atoms with Gasteiger partial charge in [0.05, 0.1) is 5.69 Å². The van der Waals surface area contributed by atoms with E-state index in [0.29, 0.717) is 11.9 Å². The van der Waals surface area contributed by atoms with Crippen molar-refractivity contribution in [2.24, 2.45) is 0 Å². The van der Waals surface area contributed by atoms with Gasteiger partial charge in [0.25, 0.3) is 0 Å². The number of benzene rings is 6. The Hall–Kier alpha value is -6.32. The normalized spacial score (nSPS) is 13.5. The summed E-state index contributed by atoms with van der Waals surface area (Å²) >= 11 is 0. The van der Waals surface area contributed by atoms with E-state index in [0.717, 1.165) is 44.5 Å². The highest BCUT2D eigenvalue weighted by molar-refractivity contribution is 6.15. The second-order valence-corrected chi connectivity index (χ2v) is 13.5. The van der Waals surface area contributed by atoms with Crippen molar-refractivity contribution in [3.05, 3.63) is 192 Å². The number of carbonyl (C=O) groups is 2. The number of anilines is 3. The largest absolute Gasteiger partial charge is 0.310 e. The van der Waals surface area contributed by atoms with E-state index in [4.69, 9.17) is 0 Å². The molecule has 7 rings (SSSR count). The molecule has 0 fully saturated rings. The lowest BCUT2D eigenvalue weighted by Crippen LogP contribution is -2.16. The van der Waals surface area contributed by atoms with Crippen LogP contribution in [0.2, 0.25) is 0 Å². The smallest absolute Gasteiger partial charge is 0.189 e. The van der Waals surface area contributed by atoms with Gasteiger partial charge < -0.3 is 4.90 Å². The van der Waals surface area contributed by atoms with E-state index < -0.39 is 0 Å². The Morgan fingerprint density at radius 2 is 1.27 bits per heavy atom. The maximum Gasteiger partial charge on any atom is 0.189 e. The van der Waals surface area contributed by atoms with Crippen molar-refractivity contribution in [1.82, 2.24) is 0 Å². The average Bonchev–Trinajstić information content (AvgIpc) is 3.39. The first-order chi connectivity index (χ1) is 24.7. The van der Waals surface area contributed by atoms with E-state index >= 15 is 0 Å². The standard InChI is InChI=1S/C48H39NO2/c1-6-34(31-50)40(7-2)47(51)32(3)27-33-21-22-37-29-38(24-23-36(37)28-33)49(46-20-14-12-17-41(46)35-15-9-8-10-16-35)39-25-26-43-42-18-11-13-19-44(42)48(4,5)45(43)30-39/h6-31H,1-2H2,3-5H3/b32-27?,40-34-. The second-order valence-electron chi connectivity index (χ2n) is 13.5. The van der Waals surface area contributed by atoms with Crippen LogP contribution < -0.4 is 4.90 Å². The Labute approximate surface area is 300 Å². The van der Waals surface area contributed by atoms with Crippen LogP contribution in [0.5, 0.6) is 0 Å². The van der Waals surface area contributed by atoms with Crippen molar-refractivity contribution in [3.63, 3.8) is 0 Å². The van der Waals surface area contributed by atoms with Gasteiger partial charge in [-0.25, -0.2) is 0 Å². The first-order valence-corrected chi connectivity index (χ1v) is 17.2. The third kappa shape index (κ3) is 5.98. The number of carbonyl (C=O) groups excluding carboxylic acids is 2. The molecule has 0 saturated carbocycles. The van der Waals surface area contributed by atoms with E-state index in [-0.39, 0.29) is 22.3 Å². The molecule has 0 saturated heterocycles. The van der Waals surface area contributed by atoms with Gasteiger partial charge >= 0.3 is 0 Å². The van der Waals surface area contributed by atoms with Crippen molar-refractivity contribution < 1.29 is 9.59 Å². The summed E-state index contributed by atoms with van der Waals surface area (Å²) in [5.74, 6) is -0.254. The van der Waals surface area contributed by atoms with Gasteiger partial charge in [0.1, 0.15) is 0 Å². The molecule has 0 aliphatic heterocycles. The van der Waals surface area contributed by atoms with Crippen LogP contribution in [-0.4, -0.2) is 12.1 Å². The molecule has 0 radical (unpaired) electrons. The molecule has 0 unspecified atom stereocenters. The zero-order valence-corrected chi connectivity index (χ0v) is 29.2. The summed E-state index contributed by atoms with van der Waals surface area (Å²) < 4.78 is 0. The SMILES string of the molecule is C=C/C(C=O)=C(\C=C)C(=O)C(C)=Cc1ccc2cc(N(c3ccc4c(c3)C(C)(C)c3ccccc3-4)c3ccccc3-c3ccccc3)ccc2c1. The van der Waals surface area contributed by atoms with Gasteiger partial charge in [0, 0.05) is 33.5 Å². The summed E-state index contributed by atoms with van der Waals surface area (Å²) in [6.07, 6.45) is 5.27. The predicted molar refractivity (Wildman–Crippen MR) is 214 cm³/mol. The maximum absolute atomic E-state index is 13.2. The Bertz CT molecular complexity index is 2420. The molecule has 0 bridgehead atoms. The Morgan fingerprint density at radius 1 is 0.647 bits per heavy atom. The van der Waals surface area contributed by atoms with Crippen LogP contribution in [0.25, 0.3) is 39.1 Å². The number of para-hydroxylation sites is 1. The molecule has 248 valence electrons. The van der Waals surface area contributed by atoms with Gasteiger partial charge in [-0.15, -0.1) is 0 Å². The Kier molecular flexibility index (Phi) is 8.81. The number of fused-ring (bicyclic) bond motifs is 4. The highest BCUT2D eigenvalue weighted by atomic mass is 16.1. The van der Waals surface area contributed by atoms with Crippen molar-refractivity contribution in [1.29, 1.82) is 0 Å². The number of Topliss-reactive ketones (excluding diaryl/α,β-unsaturated/α-hetero) is 1. The zero-order chi connectivity index (χ0) is 35.7. The predicted octanol–water partition coefficient (Wildman–Crippen LogP) is 12.1. The monoisotopic (exact) mass is 661 g/mol. The number of hydrogen-bond acceptors (Lipinski definition) is 3. The maximum atomic E-state index is 13.2. The summed E-state index contributed by atoms with van der Waals surface area (Å²) in [5, 5.41) is 2.13. The van der Waals surface area contributed by atoms with Crippen LogP contribution in [0.1, 0.15) is 37.5 Å². The van der Waals surface area contributed by atoms with Crippen molar-refractivity contribution in [2.45, 2.75) is 26.2 Å². The molecule has 0 heterocycles. The van der Waals surface area contributed by atoms with Crippen LogP contribution in [0.4, 0.5) is 17.1 Å². The molecule has 3 nitrogen and oxygen atoms in total. The highest BCUT2D eigenvalue weighted by Gasteiger charge is 2.35. The summed E-state index contributed by atoms with van der Waals surface area (Å²) in [7, 11) is 0. The van der Waals surface area contributed by atoms with Gasteiger partial charge in [-0.2, -0.15) is 0 Å². The number of nitrogens with zero attached hydrogens (tertiary/aromatic N) is 1. The molecular weight excluding hydrogens is 623 g/mol. The Morgan fingerprint density at radius 3 is 2.02 bits per heavy atom. The third-order valence-electron chi connectivity index (χ3n) is 10.0. The number of rotatable bonds is 10. The van der Waals surface area contributed by atoms with E-state index in [1.165, 1.54) is 34.4 Å². The van der Waals surface area contributed by atoms with Gasteiger partial charge in [-0.05, 0) is 99.1 Å². The van der Waals surface area contributed by atoms with Crippen LogP contribution in [0, 0.1) is 0 Å². The highest BCUT2D eigenvalue weighted by Crippen LogP contribution is 2.51. The molecule has 6 aromatic carbocycles. The molecule has 1 aliphatic carbocycles. The molecule has 1 aliphatic rings. The van der Waals surface area contributed by atoms with Gasteiger partial charge in [-0.1, -0.05) is 136 Å². The minimum absolute atomic E-state index is 0.137. The van der Waals surface area contributed by atoms with Gasteiger partial charge in [0.15, 0.2) is 12.1 Å². The lowest BCUT2D eigenvalue weighted by atomic mass is 9.82. The van der Waals surface area contributed by atoms with Crippen molar-refractivity contribution >= 4 is 46.0 Å². The van der Waals surface area contributed by atoms with Crippen molar-refractivity contribution in [3.8, 4) is 22.3 Å². The molecule has 0 N–H and O–H groups in total. The van der Waals surface area contributed by atoms with Crippen LogP contribution in [0.15, 0.2) is 175 Å². The van der Waals surface area contributed by atoms with Crippen LogP contribution in [0.3, 0.4) is 0 Å². The summed E-state index contributed by atoms with van der Waals surface area (Å²) in [6.45, 7) is 13.8. The minimum Gasteiger partial charge on any atom is -0.310 e.